The Morgan fingerprint density at radius 2 is 1.60 bits per heavy atom. The first-order chi connectivity index (χ1) is 11.6. The summed E-state index contributed by atoms with van der Waals surface area (Å²) < 4.78 is 0. The zero-order chi connectivity index (χ0) is 19.6. The van der Waals surface area contributed by atoms with Gasteiger partial charge in [0, 0.05) is 0 Å². The number of carboxylic acid groups (broad SMARTS) is 2. The van der Waals surface area contributed by atoms with Crippen molar-refractivity contribution >= 4 is 35.5 Å². The van der Waals surface area contributed by atoms with Crippen LogP contribution in [0.1, 0.15) is 33.1 Å². The second kappa shape index (κ2) is 11.7. The van der Waals surface area contributed by atoms with Crippen molar-refractivity contribution in [2.24, 2.45) is 11.7 Å². The molecule has 0 spiro atoms. The highest BCUT2D eigenvalue weighted by atomic mass is 32.2. The SMILES string of the molecule is CSCCC(NC(=O)C(N)CC(C)C)C(=O)NC(CC(=O)O)C(=O)O. The molecule has 0 saturated heterocycles. The van der Waals surface area contributed by atoms with Crippen molar-refractivity contribution in [2.75, 3.05) is 12.0 Å². The van der Waals surface area contributed by atoms with Gasteiger partial charge in [-0.2, -0.15) is 11.8 Å². The molecule has 0 aliphatic heterocycles. The van der Waals surface area contributed by atoms with Crippen LogP contribution in [-0.4, -0.2) is 64.1 Å². The van der Waals surface area contributed by atoms with E-state index in [4.69, 9.17) is 15.9 Å². The van der Waals surface area contributed by atoms with Crippen LogP contribution in [0.15, 0.2) is 0 Å². The van der Waals surface area contributed by atoms with Crippen molar-refractivity contribution in [3.63, 3.8) is 0 Å². The molecule has 3 atom stereocenters. The van der Waals surface area contributed by atoms with Gasteiger partial charge in [0.2, 0.25) is 11.8 Å². The maximum absolute atomic E-state index is 12.3. The van der Waals surface area contributed by atoms with Crippen LogP contribution in [0.2, 0.25) is 0 Å². The van der Waals surface area contributed by atoms with Gasteiger partial charge >= 0.3 is 11.9 Å². The number of aliphatic carboxylic acids is 2. The summed E-state index contributed by atoms with van der Waals surface area (Å²) in [5, 5.41) is 22.4. The molecule has 0 aromatic heterocycles. The van der Waals surface area contributed by atoms with E-state index in [1.165, 1.54) is 11.8 Å². The Labute approximate surface area is 151 Å². The van der Waals surface area contributed by atoms with Crippen molar-refractivity contribution in [1.82, 2.24) is 10.6 Å². The summed E-state index contributed by atoms with van der Waals surface area (Å²) in [6.07, 6.45) is 1.79. The van der Waals surface area contributed by atoms with Crippen molar-refractivity contribution in [1.29, 1.82) is 0 Å². The normalized spacial score (nSPS) is 14.4. The lowest BCUT2D eigenvalue weighted by atomic mass is 10.0. The van der Waals surface area contributed by atoms with Crippen molar-refractivity contribution in [3.8, 4) is 0 Å². The summed E-state index contributed by atoms with van der Waals surface area (Å²) in [5.74, 6) is -3.30. The largest absolute Gasteiger partial charge is 0.481 e. The summed E-state index contributed by atoms with van der Waals surface area (Å²) in [6, 6.07) is -3.32. The number of nitrogens with one attached hydrogen (secondary N) is 2. The molecule has 0 aromatic rings. The van der Waals surface area contributed by atoms with Crippen LogP contribution in [0.4, 0.5) is 0 Å². The summed E-state index contributed by atoms with van der Waals surface area (Å²) in [5.41, 5.74) is 5.79. The number of nitrogens with two attached hydrogens (primary N) is 1. The molecule has 144 valence electrons. The number of rotatable bonds is 12. The highest BCUT2D eigenvalue weighted by Crippen LogP contribution is 2.06. The van der Waals surface area contributed by atoms with Crippen LogP contribution in [-0.2, 0) is 19.2 Å². The van der Waals surface area contributed by atoms with Gasteiger partial charge in [0.05, 0.1) is 12.5 Å². The van der Waals surface area contributed by atoms with Crippen LogP contribution in [0.25, 0.3) is 0 Å². The standard InChI is InChI=1S/C15H27N3O6S/c1-8(2)6-9(16)13(21)17-10(4-5-25-3)14(22)18-11(15(23)24)7-12(19)20/h8-11H,4-7,16H2,1-3H3,(H,17,21)(H,18,22)(H,19,20)(H,23,24). The van der Waals surface area contributed by atoms with Gasteiger partial charge in [-0.1, -0.05) is 13.8 Å². The number of carboxylic acids is 2. The predicted molar refractivity (Wildman–Crippen MR) is 94.2 cm³/mol. The van der Waals surface area contributed by atoms with E-state index in [1.54, 1.807) is 0 Å². The van der Waals surface area contributed by atoms with E-state index in [-0.39, 0.29) is 12.3 Å². The van der Waals surface area contributed by atoms with Gasteiger partial charge in [0.25, 0.3) is 0 Å². The van der Waals surface area contributed by atoms with E-state index in [0.29, 0.717) is 12.2 Å². The molecule has 0 saturated carbocycles. The number of hydrogen-bond acceptors (Lipinski definition) is 6. The maximum Gasteiger partial charge on any atom is 0.326 e. The Kier molecular flexibility index (Phi) is 10.8. The zero-order valence-electron chi connectivity index (χ0n) is 14.7. The van der Waals surface area contributed by atoms with Crippen LogP contribution >= 0.6 is 11.8 Å². The number of carbonyl (C=O) groups excluding carboxylic acids is 2. The highest BCUT2D eigenvalue weighted by Gasteiger charge is 2.29. The molecule has 0 aliphatic carbocycles. The van der Waals surface area contributed by atoms with Crippen LogP contribution in [0, 0.1) is 5.92 Å². The third kappa shape index (κ3) is 9.92. The Morgan fingerprint density at radius 3 is 2.04 bits per heavy atom. The lowest BCUT2D eigenvalue weighted by molar-refractivity contribution is -0.147. The lowest BCUT2D eigenvalue weighted by Crippen LogP contribution is -2.55. The van der Waals surface area contributed by atoms with Gasteiger partial charge in [-0.25, -0.2) is 4.79 Å². The topological polar surface area (TPSA) is 159 Å². The Bertz CT molecular complexity index is 486. The maximum atomic E-state index is 12.3. The molecule has 10 heteroatoms. The average molecular weight is 377 g/mol. The van der Waals surface area contributed by atoms with Gasteiger partial charge < -0.3 is 26.6 Å². The molecule has 0 heterocycles. The second-order valence-corrected chi connectivity index (χ2v) is 7.06. The molecular weight excluding hydrogens is 350 g/mol. The fourth-order valence-electron chi connectivity index (χ4n) is 2.05. The van der Waals surface area contributed by atoms with Gasteiger partial charge in [0.1, 0.15) is 12.1 Å². The Balaban J connectivity index is 4.98. The minimum absolute atomic E-state index is 0.200. The second-order valence-electron chi connectivity index (χ2n) is 6.08. The molecule has 0 fully saturated rings. The quantitative estimate of drug-likeness (QED) is 0.308. The Hall–Kier alpha value is -1.81. The molecule has 3 unspecified atom stereocenters. The number of hydrogen-bond donors (Lipinski definition) is 5. The molecule has 0 radical (unpaired) electrons. The monoisotopic (exact) mass is 377 g/mol. The summed E-state index contributed by atoms with van der Waals surface area (Å²) in [7, 11) is 0. The minimum Gasteiger partial charge on any atom is -0.481 e. The predicted octanol–water partition coefficient (Wildman–Crippen LogP) is -0.358. The molecular formula is C15H27N3O6S. The molecule has 2 amide bonds. The van der Waals surface area contributed by atoms with Gasteiger partial charge in [-0.3, -0.25) is 14.4 Å². The first-order valence-corrected chi connectivity index (χ1v) is 9.27. The number of carbonyl (C=O) groups is 4. The van der Waals surface area contributed by atoms with E-state index >= 15 is 0 Å². The van der Waals surface area contributed by atoms with Gasteiger partial charge in [-0.05, 0) is 30.8 Å². The van der Waals surface area contributed by atoms with E-state index in [1.807, 2.05) is 20.1 Å². The first-order valence-electron chi connectivity index (χ1n) is 7.88. The highest BCUT2D eigenvalue weighted by molar-refractivity contribution is 7.98. The van der Waals surface area contributed by atoms with E-state index in [2.05, 4.69) is 10.6 Å². The lowest BCUT2D eigenvalue weighted by Gasteiger charge is -2.22. The average Bonchev–Trinajstić information content (AvgIpc) is 2.48. The molecule has 0 bridgehead atoms. The molecule has 0 rings (SSSR count). The van der Waals surface area contributed by atoms with Crippen molar-refractivity contribution in [3.05, 3.63) is 0 Å². The third-order valence-electron chi connectivity index (χ3n) is 3.30. The van der Waals surface area contributed by atoms with Crippen molar-refractivity contribution in [2.45, 2.75) is 51.2 Å². The van der Waals surface area contributed by atoms with E-state index in [9.17, 15) is 19.2 Å². The van der Waals surface area contributed by atoms with Crippen molar-refractivity contribution < 1.29 is 29.4 Å². The fourth-order valence-corrected chi connectivity index (χ4v) is 2.52. The molecule has 6 N–H and O–H groups in total. The zero-order valence-corrected chi connectivity index (χ0v) is 15.5. The van der Waals surface area contributed by atoms with Crippen LogP contribution in [0.5, 0.6) is 0 Å². The van der Waals surface area contributed by atoms with Crippen LogP contribution < -0.4 is 16.4 Å². The van der Waals surface area contributed by atoms with E-state index in [0.717, 1.165) is 0 Å². The summed E-state index contributed by atoms with van der Waals surface area (Å²) >= 11 is 1.46. The number of amides is 2. The molecule has 0 aliphatic rings. The molecule has 25 heavy (non-hydrogen) atoms. The summed E-state index contributed by atoms with van der Waals surface area (Å²) in [4.78, 5) is 46.2. The fraction of sp³-hybridized carbons (Fsp3) is 0.733. The van der Waals surface area contributed by atoms with Crippen LogP contribution in [0.3, 0.4) is 0 Å². The third-order valence-corrected chi connectivity index (χ3v) is 3.94. The van der Waals surface area contributed by atoms with Gasteiger partial charge in [0.15, 0.2) is 0 Å². The molecule has 0 aromatic carbocycles. The first kappa shape index (κ1) is 23.2. The Morgan fingerprint density at radius 1 is 1.04 bits per heavy atom. The number of thioether (sulfide) groups is 1. The smallest absolute Gasteiger partial charge is 0.326 e. The molecule has 9 nitrogen and oxygen atoms in total. The minimum atomic E-state index is -1.57. The van der Waals surface area contributed by atoms with E-state index < -0.39 is 48.3 Å². The van der Waals surface area contributed by atoms with Gasteiger partial charge in [-0.15, -0.1) is 0 Å². The summed E-state index contributed by atoms with van der Waals surface area (Å²) in [6.45, 7) is 3.82.